The molecule has 6 heteroatoms. The first-order chi connectivity index (χ1) is 8.45. The maximum atomic E-state index is 13.0. The van der Waals surface area contributed by atoms with E-state index in [1.807, 2.05) is 0 Å². The number of nitrogens with zero attached hydrogens (tertiary/aromatic N) is 2. The molecule has 0 spiro atoms. The number of nitriles is 2. The molecule has 0 radical (unpaired) electrons. The van der Waals surface area contributed by atoms with Crippen molar-refractivity contribution in [2.24, 2.45) is 5.92 Å². The van der Waals surface area contributed by atoms with Gasteiger partial charge in [-0.1, -0.05) is 18.2 Å². The number of hydrogen-bond donors (Lipinski definition) is 0. The van der Waals surface area contributed by atoms with Crippen LogP contribution in [0.3, 0.4) is 0 Å². The number of halogens is 3. The van der Waals surface area contributed by atoms with E-state index in [4.69, 9.17) is 15.3 Å². The van der Waals surface area contributed by atoms with Crippen LogP contribution in [0.15, 0.2) is 24.3 Å². The minimum absolute atomic E-state index is 0.00956. The van der Waals surface area contributed by atoms with Gasteiger partial charge in [-0.3, -0.25) is 0 Å². The molecule has 0 aliphatic rings. The smallest absolute Gasteiger partial charge is 0.398 e. The molecule has 1 aromatic carbocycles. The molecule has 1 rings (SSSR count). The molecule has 1 aromatic rings. The monoisotopic (exact) mass is 254 g/mol. The normalized spacial score (nSPS) is 12.6. The summed E-state index contributed by atoms with van der Waals surface area (Å²) < 4.78 is 43.8. The Hall–Kier alpha value is -2.21. The highest BCUT2D eigenvalue weighted by Gasteiger charge is 2.47. The van der Waals surface area contributed by atoms with Gasteiger partial charge < -0.3 is 4.74 Å². The summed E-state index contributed by atoms with van der Waals surface area (Å²) in [4.78, 5) is 0. The van der Waals surface area contributed by atoms with Crippen molar-refractivity contribution in [2.75, 3.05) is 7.11 Å². The summed E-state index contributed by atoms with van der Waals surface area (Å²) in [6.45, 7) is 0. The van der Waals surface area contributed by atoms with Crippen LogP contribution in [-0.4, -0.2) is 13.3 Å². The standard InChI is InChI=1S/C12H9F3N2O/c1-18-10-5-3-2-4-9(10)11(12(13,14)15)8(6-16)7-17/h2-5,8,11H,1H3. The van der Waals surface area contributed by atoms with Gasteiger partial charge in [-0.05, 0) is 6.07 Å². The third-order valence-electron chi connectivity index (χ3n) is 2.44. The van der Waals surface area contributed by atoms with Crippen LogP contribution in [0.4, 0.5) is 13.2 Å². The Kier molecular flexibility index (Phi) is 4.17. The zero-order valence-electron chi connectivity index (χ0n) is 9.40. The lowest BCUT2D eigenvalue weighted by molar-refractivity contribution is -0.154. The first-order valence-corrected chi connectivity index (χ1v) is 4.94. The molecule has 0 bridgehead atoms. The van der Waals surface area contributed by atoms with E-state index in [9.17, 15) is 13.2 Å². The molecule has 0 aliphatic heterocycles. The number of methoxy groups -OCH3 is 1. The molecule has 1 unspecified atom stereocenters. The van der Waals surface area contributed by atoms with Gasteiger partial charge in [-0.25, -0.2) is 0 Å². The minimum Gasteiger partial charge on any atom is -0.496 e. The van der Waals surface area contributed by atoms with Crippen molar-refractivity contribution in [3.05, 3.63) is 29.8 Å². The zero-order chi connectivity index (χ0) is 13.8. The number of rotatable bonds is 3. The molecule has 18 heavy (non-hydrogen) atoms. The van der Waals surface area contributed by atoms with Crippen molar-refractivity contribution in [2.45, 2.75) is 12.1 Å². The van der Waals surface area contributed by atoms with Gasteiger partial charge in [0, 0.05) is 5.56 Å². The molecule has 0 saturated carbocycles. The van der Waals surface area contributed by atoms with E-state index in [1.54, 1.807) is 0 Å². The van der Waals surface area contributed by atoms with Gasteiger partial charge in [-0.15, -0.1) is 0 Å². The van der Waals surface area contributed by atoms with Crippen LogP contribution in [0.1, 0.15) is 11.5 Å². The highest BCUT2D eigenvalue weighted by atomic mass is 19.4. The average Bonchev–Trinajstić information content (AvgIpc) is 2.34. The van der Waals surface area contributed by atoms with Crippen LogP contribution in [-0.2, 0) is 0 Å². The van der Waals surface area contributed by atoms with Crippen molar-refractivity contribution >= 4 is 0 Å². The predicted octanol–water partition coefficient (Wildman–Crippen LogP) is 3.00. The van der Waals surface area contributed by atoms with Crippen LogP contribution in [0, 0.1) is 28.6 Å². The molecule has 0 fully saturated rings. The second kappa shape index (κ2) is 5.42. The second-order valence-corrected chi connectivity index (χ2v) is 3.50. The second-order valence-electron chi connectivity index (χ2n) is 3.50. The molecule has 0 saturated heterocycles. The Labute approximate surface area is 102 Å². The largest absolute Gasteiger partial charge is 0.496 e. The number of hydrogen-bond acceptors (Lipinski definition) is 3. The Morgan fingerprint density at radius 3 is 2.17 bits per heavy atom. The van der Waals surface area contributed by atoms with Gasteiger partial charge in [0.25, 0.3) is 0 Å². The van der Waals surface area contributed by atoms with Gasteiger partial charge in [-0.2, -0.15) is 23.7 Å². The number of para-hydroxylation sites is 1. The molecule has 3 nitrogen and oxygen atoms in total. The number of benzene rings is 1. The van der Waals surface area contributed by atoms with E-state index >= 15 is 0 Å². The lowest BCUT2D eigenvalue weighted by Gasteiger charge is -2.22. The summed E-state index contributed by atoms with van der Waals surface area (Å²) in [5.74, 6) is -3.97. The molecule has 0 aliphatic carbocycles. The number of alkyl halides is 3. The lowest BCUT2D eigenvalue weighted by Crippen LogP contribution is -2.27. The summed E-state index contributed by atoms with van der Waals surface area (Å²) in [5.41, 5.74) is -0.208. The molecular formula is C12H9F3N2O. The highest BCUT2D eigenvalue weighted by molar-refractivity contribution is 5.39. The third kappa shape index (κ3) is 2.72. The molecule has 94 valence electrons. The number of ether oxygens (including phenoxy) is 1. The Morgan fingerprint density at radius 1 is 1.17 bits per heavy atom. The third-order valence-corrected chi connectivity index (χ3v) is 2.44. The fraction of sp³-hybridized carbons (Fsp3) is 0.333. The molecule has 0 N–H and O–H groups in total. The Morgan fingerprint density at radius 2 is 1.72 bits per heavy atom. The van der Waals surface area contributed by atoms with Gasteiger partial charge in [0.1, 0.15) is 17.6 Å². The van der Waals surface area contributed by atoms with Gasteiger partial charge in [0.05, 0.1) is 19.2 Å². The fourth-order valence-electron chi connectivity index (χ4n) is 1.65. The molecular weight excluding hydrogens is 245 g/mol. The van der Waals surface area contributed by atoms with Gasteiger partial charge in [0.2, 0.25) is 0 Å². The summed E-state index contributed by atoms with van der Waals surface area (Å²) in [5, 5.41) is 17.3. The van der Waals surface area contributed by atoms with E-state index in [0.29, 0.717) is 0 Å². The van der Waals surface area contributed by atoms with Crippen LogP contribution in [0.5, 0.6) is 5.75 Å². The van der Waals surface area contributed by atoms with Crippen molar-refractivity contribution in [1.82, 2.24) is 0 Å². The average molecular weight is 254 g/mol. The van der Waals surface area contributed by atoms with Crippen molar-refractivity contribution < 1.29 is 17.9 Å². The van der Waals surface area contributed by atoms with E-state index in [2.05, 4.69) is 0 Å². The maximum Gasteiger partial charge on any atom is 0.398 e. The summed E-state index contributed by atoms with van der Waals surface area (Å²) in [7, 11) is 1.24. The van der Waals surface area contributed by atoms with Crippen molar-refractivity contribution in [3.63, 3.8) is 0 Å². The van der Waals surface area contributed by atoms with E-state index in [-0.39, 0.29) is 11.3 Å². The first-order valence-electron chi connectivity index (χ1n) is 4.94. The zero-order valence-corrected chi connectivity index (χ0v) is 9.40. The molecule has 0 amide bonds. The Bertz CT molecular complexity index is 485. The van der Waals surface area contributed by atoms with Gasteiger partial charge in [0.15, 0.2) is 0 Å². The van der Waals surface area contributed by atoms with Crippen molar-refractivity contribution in [1.29, 1.82) is 10.5 Å². The van der Waals surface area contributed by atoms with Crippen LogP contribution in [0.25, 0.3) is 0 Å². The highest BCUT2D eigenvalue weighted by Crippen LogP contribution is 2.43. The quantitative estimate of drug-likeness (QED) is 0.833. The topological polar surface area (TPSA) is 56.8 Å². The SMILES string of the molecule is COc1ccccc1C(C(C#N)C#N)C(F)(F)F. The van der Waals surface area contributed by atoms with Crippen LogP contribution < -0.4 is 4.74 Å². The van der Waals surface area contributed by atoms with Crippen molar-refractivity contribution in [3.8, 4) is 17.9 Å². The minimum atomic E-state index is -4.69. The van der Waals surface area contributed by atoms with Crippen LogP contribution in [0.2, 0.25) is 0 Å². The summed E-state index contributed by atoms with van der Waals surface area (Å²) >= 11 is 0. The van der Waals surface area contributed by atoms with E-state index in [0.717, 1.165) is 0 Å². The summed E-state index contributed by atoms with van der Waals surface area (Å²) in [6, 6.07) is 8.23. The van der Waals surface area contributed by atoms with Crippen LogP contribution >= 0.6 is 0 Å². The maximum absolute atomic E-state index is 13.0. The van der Waals surface area contributed by atoms with E-state index in [1.165, 1.54) is 43.5 Å². The molecule has 0 heterocycles. The fourth-order valence-corrected chi connectivity index (χ4v) is 1.65. The predicted molar refractivity (Wildman–Crippen MR) is 56.5 cm³/mol. The molecule has 0 aromatic heterocycles. The van der Waals surface area contributed by atoms with E-state index < -0.39 is 18.0 Å². The molecule has 1 atom stereocenters. The Balaban J connectivity index is 3.37. The first kappa shape index (κ1) is 13.9. The van der Waals surface area contributed by atoms with Gasteiger partial charge >= 0.3 is 6.18 Å². The lowest BCUT2D eigenvalue weighted by atomic mass is 9.86. The summed E-state index contributed by atoms with van der Waals surface area (Å²) in [6.07, 6.45) is -4.69.